The van der Waals surface area contributed by atoms with E-state index in [0.717, 1.165) is 18.4 Å². The zero-order chi connectivity index (χ0) is 24.0. The van der Waals surface area contributed by atoms with Gasteiger partial charge in [0.1, 0.15) is 0 Å². The maximum Gasteiger partial charge on any atom is 0.313 e. The fourth-order valence-electron chi connectivity index (χ4n) is 4.28. The molecule has 0 heterocycles. The number of rotatable bonds is 14. The minimum atomic E-state index is -3.29. The number of benzene rings is 1. The van der Waals surface area contributed by atoms with Gasteiger partial charge in [0.05, 0.1) is 36.1 Å². The van der Waals surface area contributed by atoms with Crippen LogP contribution in [0.25, 0.3) is 0 Å². The summed E-state index contributed by atoms with van der Waals surface area (Å²) in [5, 5.41) is 19.0. The van der Waals surface area contributed by atoms with E-state index in [1.165, 1.54) is 0 Å². The fraction of sp³-hybridized carbons (Fsp3) is 0.667. The summed E-state index contributed by atoms with van der Waals surface area (Å²) in [4.78, 5) is 24.2. The molecule has 0 bridgehead atoms. The molecule has 32 heavy (non-hydrogen) atoms. The summed E-state index contributed by atoms with van der Waals surface area (Å²) in [6.45, 7) is 5.20. The number of carboxylic acid groups (broad SMARTS) is 1. The minimum Gasteiger partial charge on any atom is -0.481 e. The first-order chi connectivity index (χ1) is 15.0. The Morgan fingerprint density at radius 2 is 1.97 bits per heavy atom. The van der Waals surface area contributed by atoms with Crippen LogP contribution in [0.15, 0.2) is 24.3 Å². The smallest absolute Gasteiger partial charge is 0.313 e. The lowest BCUT2D eigenvalue weighted by atomic mass is 9.76. The predicted octanol–water partition coefficient (Wildman–Crippen LogP) is 3.13. The molecule has 0 aromatic heterocycles. The summed E-state index contributed by atoms with van der Waals surface area (Å²) in [5.74, 6) is -1.68. The van der Waals surface area contributed by atoms with Crippen molar-refractivity contribution in [2.75, 3.05) is 24.7 Å². The molecule has 1 aliphatic carbocycles. The third-order valence-electron chi connectivity index (χ3n) is 6.54. The largest absolute Gasteiger partial charge is 0.481 e. The van der Waals surface area contributed by atoms with E-state index in [4.69, 9.17) is 9.84 Å². The van der Waals surface area contributed by atoms with E-state index in [1.807, 2.05) is 18.2 Å². The van der Waals surface area contributed by atoms with Crippen molar-refractivity contribution in [3.8, 4) is 0 Å². The van der Waals surface area contributed by atoms with Crippen molar-refractivity contribution in [3.63, 3.8) is 0 Å². The van der Waals surface area contributed by atoms with Gasteiger partial charge in [-0.1, -0.05) is 37.6 Å². The number of carbonyl (C=O) groups excluding carboxylic acids is 1. The summed E-state index contributed by atoms with van der Waals surface area (Å²) in [7, 11) is -3.29. The van der Waals surface area contributed by atoms with E-state index >= 15 is 0 Å². The van der Waals surface area contributed by atoms with Crippen LogP contribution < -0.4 is 0 Å². The molecule has 8 heteroatoms. The SMILES string of the molecule is CCOC(=O)C(C)Cc1cccc(C(C)(CCCC2(CS(=O)(=O)CCO)CC2)C(=O)O)c1. The van der Waals surface area contributed by atoms with Crippen molar-refractivity contribution >= 4 is 21.8 Å². The van der Waals surface area contributed by atoms with Crippen molar-refractivity contribution in [3.05, 3.63) is 35.4 Å². The van der Waals surface area contributed by atoms with E-state index < -0.39 is 21.2 Å². The Labute approximate surface area is 191 Å². The molecule has 0 saturated heterocycles. The summed E-state index contributed by atoms with van der Waals surface area (Å²) in [6.07, 6.45) is 3.75. The van der Waals surface area contributed by atoms with E-state index in [2.05, 4.69) is 0 Å². The zero-order valence-electron chi connectivity index (χ0n) is 19.3. The number of aliphatic hydroxyl groups excluding tert-OH is 1. The van der Waals surface area contributed by atoms with Crippen molar-refractivity contribution in [2.24, 2.45) is 11.3 Å². The molecule has 1 saturated carbocycles. The van der Waals surface area contributed by atoms with Gasteiger partial charge >= 0.3 is 11.9 Å². The molecule has 2 rings (SSSR count). The fourth-order valence-corrected chi connectivity index (χ4v) is 6.06. The monoisotopic (exact) mass is 468 g/mol. The molecule has 1 fully saturated rings. The Balaban J connectivity index is 2.07. The quantitative estimate of drug-likeness (QED) is 0.403. The van der Waals surface area contributed by atoms with Crippen molar-refractivity contribution in [1.29, 1.82) is 0 Å². The van der Waals surface area contributed by atoms with Gasteiger partial charge in [-0.2, -0.15) is 0 Å². The number of aliphatic carboxylic acids is 1. The van der Waals surface area contributed by atoms with E-state index in [-0.39, 0.29) is 35.4 Å². The van der Waals surface area contributed by atoms with Crippen LogP contribution in [-0.4, -0.2) is 55.3 Å². The highest BCUT2D eigenvalue weighted by Crippen LogP contribution is 2.51. The lowest BCUT2D eigenvalue weighted by Crippen LogP contribution is -2.33. The van der Waals surface area contributed by atoms with E-state index in [9.17, 15) is 23.1 Å². The first kappa shape index (κ1) is 26.3. The Hall–Kier alpha value is -1.93. The van der Waals surface area contributed by atoms with Gasteiger partial charge in [0.25, 0.3) is 0 Å². The Morgan fingerprint density at radius 1 is 1.28 bits per heavy atom. The number of esters is 1. The number of aliphatic hydroxyl groups is 1. The summed E-state index contributed by atoms with van der Waals surface area (Å²) in [6, 6.07) is 7.34. The Bertz CT molecular complexity index is 905. The maximum absolute atomic E-state index is 12.2. The standard InChI is InChI=1S/C24H36O7S/c1-4-31-21(26)18(2)15-19-7-5-8-20(16-19)23(3,22(27)28)9-6-10-24(11-12-24)17-32(29,30)14-13-25/h5,7-8,16,18,25H,4,6,9-15,17H2,1-3H3,(H,27,28). The average Bonchev–Trinajstić information content (AvgIpc) is 3.46. The van der Waals surface area contributed by atoms with Gasteiger partial charge < -0.3 is 14.9 Å². The third kappa shape index (κ3) is 7.04. The number of hydrogen-bond donors (Lipinski definition) is 2. The van der Waals surface area contributed by atoms with Gasteiger partial charge in [0.15, 0.2) is 9.84 Å². The van der Waals surface area contributed by atoms with Gasteiger partial charge in [0, 0.05) is 0 Å². The van der Waals surface area contributed by atoms with Gasteiger partial charge in [-0.25, -0.2) is 8.42 Å². The zero-order valence-corrected chi connectivity index (χ0v) is 20.1. The van der Waals surface area contributed by atoms with Gasteiger partial charge in [-0.3, -0.25) is 9.59 Å². The molecule has 1 aromatic rings. The van der Waals surface area contributed by atoms with Gasteiger partial charge in [0.2, 0.25) is 0 Å². The highest BCUT2D eigenvalue weighted by Gasteiger charge is 2.46. The molecule has 7 nitrogen and oxygen atoms in total. The van der Waals surface area contributed by atoms with Crippen LogP contribution >= 0.6 is 0 Å². The molecule has 0 aliphatic heterocycles. The Kier molecular flexibility index (Phi) is 8.88. The highest BCUT2D eigenvalue weighted by atomic mass is 32.2. The number of hydrogen-bond acceptors (Lipinski definition) is 6. The molecule has 0 radical (unpaired) electrons. The maximum atomic E-state index is 12.2. The molecule has 0 amide bonds. The molecular formula is C24H36O7S. The molecule has 2 atom stereocenters. The number of sulfone groups is 1. The van der Waals surface area contributed by atoms with Crippen molar-refractivity contribution < 1.29 is 33.0 Å². The van der Waals surface area contributed by atoms with Crippen LogP contribution in [0.4, 0.5) is 0 Å². The molecule has 180 valence electrons. The summed E-state index contributed by atoms with van der Waals surface area (Å²) in [5.41, 5.74) is 0.175. The van der Waals surface area contributed by atoms with Crippen molar-refractivity contribution in [1.82, 2.24) is 0 Å². The number of carbonyl (C=O) groups is 2. The molecule has 0 spiro atoms. The average molecular weight is 469 g/mol. The van der Waals surface area contributed by atoms with Crippen molar-refractivity contribution in [2.45, 2.75) is 64.7 Å². The van der Waals surface area contributed by atoms with Gasteiger partial charge in [-0.05, 0) is 62.5 Å². The predicted molar refractivity (Wildman–Crippen MR) is 122 cm³/mol. The van der Waals surface area contributed by atoms with Crippen LogP contribution in [0.3, 0.4) is 0 Å². The Morgan fingerprint density at radius 3 is 2.53 bits per heavy atom. The van der Waals surface area contributed by atoms with Crippen LogP contribution in [0.5, 0.6) is 0 Å². The van der Waals surface area contributed by atoms with Gasteiger partial charge in [-0.15, -0.1) is 0 Å². The second-order valence-electron chi connectivity index (χ2n) is 9.36. The second-order valence-corrected chi connectivity index (χ2v) is 11.5. The van der Waals surface area contributed by atoms with Crippen LogP contribution in [-0.2, 0) is 36.0 Å². The van der Waals surface area contributed by atoms with Crippen LogP contribution in [0.2, 0.25) is 0 Å². The molecule has 1 aromatic carbocycles. The summed E-state index contributed by atoms with van der Waals surface area (Å²) >= 11 is 0. The highest BCUT2D eigenvalue weighted by molar-refractivity contribution is 7.91. The molecule has 2 N–H and O–H groups in total. The third-order valence-corrected chi connectivity index (χ3v) is 8.39. The summed E-state index contributed by atoms with van der Waals surface area (Å²) < 4.78 is 29.3. The molecule has 2 unspecified atom stereocenters. The molecular weight excluding hydrogens is 432 g/mol. The number of ether oxygens (including phenoxy) is 1. The topological polar surface area (TPSA) is 118 Å². The number of carboxylic acids is 1. The van der Waals surface area contributed by atoms with E-state index in [0.29, 0.717) is 37.9 Å². The van der Waals surface area contributed by atoms with Crippen LogP contribution in [0.1, 0.15) is 64.0 Å². The van der Waals surface area contributed by atoms with E-state index in [1.54, 1.807) is 26.8 Å². The lowest BCUT2D eigenvalue weighted by Gasteiger charge is -2.27. The molecule has 1 aliphatic rings. The first-order valence-electron chi connectivity index (χ1n) is 11.3. The normalized spacial score (nSPS) is 17.9. The van der Waals surface area contributed by atoms with Crippen LogP contribution in [0, 0.1) is 11.3 Å². The second kappa shape index (κ2) is 10.8. The minimum absolute atomic E-state index is 0.0611. The lowest BCUT2D eigenvalue weighted by molar-refractivity contribution is -0.147. The first-order valence-corrected chi connectivity index (χ1v) is 13.1.